The van der Waals surface area contributed by atoms with E-state index in [2.05, 4.69) is 15.5 Å². The second-order valence-corrected chi connectivity index (χ2v) is 4.50. The molecule has 5 nitrogen and oxygen atoms in total. The largest absolute Gasteiger partial charge is 0.497 e. The van der Waals surface area contributed by atoms with Crippen molar-refractivity contribution in [3.63, 3.8) is 0 Å². The number of benzene rings is 1. The molecule has 0 atom stereocenters. The van der Waals surface area contributed by atoms with E-state index in [1.807, 2.05) is 31.3 Å². The van der Waals surface area contributed by atoms with Crippen LogP contribution in [0, 0.1) is 0 Å². The summed E-state index contributed by atoms with van der Waals surface area (Å²) in [4.78, 5) is 13.9. The minimum Gasteiger partial charge on any atom is -0.497 e. The molecular weight excluding hydrogens is 230 g/mol. The lowest BCUT2D eigenvalue weighted by Gasteiger charge is -2.35. The summed E-state index contributed by atoms with van der Waals surface area (Å²) in [6.45, 7) is 2.34. The van der Waals surface area contributed by atoms with E-state index in [0.29, 0.717) is 12.6 Å². The Bertz CT molecular complexity index is 401. The third kappa shape index (κ3) is 3.21. The molecule has 1 saturated heterocycles. The van der Waals surface area contributed by atoms with Crippen molar-refractivity contribution < 1.29 is 9.53 Å². The van der Waals surface area contributed by atoms with Crippen molar-refractivity contribution in [1.82, 2.24) is 10.2 Å². The number of rotatable bonds is 5. The molecule has 1 aromatic carbocycles. The minimum atomic E-state index is 0.00886. The predicted molar refractivity (Wildman–Crippen MR) is 70.9 cm³/mol. The fourth-order valence-electron chi connectivity index (χ4n) is 1.82. The molecule has 0 aliphatic carbocycles. The van der Waals surface area contributed by atoms with Crippen LogP contribution in [0.3, 0.4) is 0 Å². The molecule has 5 heteroatoms. The summed E-state index contributed by atoms with van der Waals surface area (Å²) in [6.07, 6.45) is 0. The maximum Gasteiger partial charge on any atom is 0.238 e. The van der Waals surface area contributed by atoms with Gasteiger partial charge in [0.05, 0.1) is 13.7 Å². The highest BCUT2D eigenvalue weighted by molar-refractivity contribution is 5.92. The van der Waals surface area contributed by atoms with Crippen molar-refractivity contribution in [2.45, 2.75) is 6.04 Å². The maximum absolute atomic E-state index is 11.8. The molecule has 0 bridgehead atoms. The van der Waals surface area contributed by atoms with Crippen LogP contribution in [0.2, 0.25) is 0 Å². The molecule has 0 aromatic heterocycles. The molecule has 18 heavy (non-hydrogen) atoms. The van der Waals surface area contributed by atoms with Crippen LogP contribution < -0.4 is 15.4 Å². The first-order chi connectivity index (χ1) is 8.69. The van der Waals surface area contributed by atoms with Crippen molar-refractivity contribution in [2.24, 2.45) is 0 Å². The van der Waals surface area contributed by atoms with E-state index in [0.717, 1.165) is 24.5 Å². The molecule has 1 aliphatic rings. The number of hydrogen-bond acceptors (Lipinski definition) is 4. The summed E-state index contributed by atoms with van der Waals surface area (Å²) in [5, 5.41) is 6.06. The minimum absolute atomic E-state index is 0.00886. The third-order valence-electron chi connectivity index (χ3n) is 3.15. The Morgan fingerprint density at radius 3 is 2.61 bits per heavy atom. The van der Waals surface area contributed by atoms with Crippen LogP contribution in [-0.2, 0) is 4.79 Å². The maximum atomic E-state index is 11.8. The molecule has 1 amide bonds. The van der Waals surface area contributed by atoms with Crippen LogP contribution in [0.15, 0.2) is 24.3 Å². The third-order valence-corrected chi connectivity index (χ3v) is 3.15. The van der Waals surface area contributed by atoms with Crippen molar-refractivity contribution in [3.05, 3.63) is 24.3 Å². The summed E-state index contributed by atoms with van der Waals surface area (Å²) in [5.74, 6) is 0.792. The Hall–Kier alpha value is -1.59. The zero-order valence-electron chi connectivity index (χ0n) is 10.8. The zero-order valence-corrected chi connectivity index (χ0v) is 10.8. The van der Waals surface area contributed by atoms with Gasteiger partial charge in [-0.25, -0.2) is 0 Å². The van der Waals surface area contributed by atoms with E-state index in [-0.39, 0.29) is 5.91 Å². The summed E-state index contributed by atoms with van der Waals surface area (Å²) >= 11 is 0. The SMILES string of the molecule is COc1ccc(NC(=O)CN(C)C2CNC2)cc1. The van der Waals surface area contributed by atoms with E-state index in [1.54, 1.807) is 7.11 Å². The van der Waals surface area contributed by atoms with Gasteiger partial charge in [-0.15, -0.1) is 0 Å². The Morgan fingerprint density at radius 2 is 2.11 bits per heavy atom. The highest BCUT2D eigenvalue weighted by Gasteiger charge is 2.22. The molecule has 0 unspecified atom stereocenters. The number of nitrogens with zero attached hydrogens (tertiary/aromatic N) is 1. The smallest absolute Gasteiger partial charge is 0.238 e. The number of carbonyl (C=O) groups excluding carboxylic acids is 1. The van der Waals surface area contributed by atoms with Crippen LogP contribution in [0.5, 0.6) is 5.75 Å². The lowest BCUT2D eigenvalue weighted by molar-refractivity contribution is -0.117. The first kappa shape index (κ1) is 12.9. The summed E-state index contributed by atoms with van der Waals surface area (Å²) in [7, 11) is 3.59. The van der Waals surface area contributed by atoms with Gasteiger partial charge in [-0.1, -0.05) is 0 Å². The summed E-state index contributed by atoms with van der Waals surface area (Å²) in [6, 6.07) is 7.81. The quantitative estimate of drug-likeness (QED) is 0.799. The van der Waals surface area contributed by atoms with E-state index in [4.69, 9.17) is 4.74 Å². The predicted octanol–water partition coefficient (Wildman–Crippen LogP) is 0.537. The fourth-order valence-corrected chi connectivity index (χ4v) is 1.82. The molecule has 2 rings (SSSR count). The van der Waals surface area contributed by atoms with Gasteiger partial charge in [0.1, 0.15) is 5.75 Å². The second-order valence-electron chi connectivity index (χ2n) is 4.50. The van der Waals surface area contributed by atoms with E-state index >= 15 is 0 Å². The van der Waals surface area contributed by atoms with Gasteiger partial charge in [-0.3, -0.25) is 9.69 Å². The Kier molecular flexibility index (Phi) is 4.17. The Labute approximate surface area is 107 Å². The van der Waals surface area contributed by atoms with E-state index in [1.165, 1.54) is 0 Å². The number of nitrogens with one attached hydrogen (secondary N) is 2. The van der Waals surface area contributed by atoms with Crippen LogP contribution in [-0.4, -0.2) is 50.6 Å². The molecule has 0 spiro atoms. The van der Waals surface area contributed by atoms with Gasteiger partial charge in [-0.2, -0.15) is 0 Å². The Balaban J connectivity index is 1.82. The van der Waals surface area contributed by atoms with Gasteiger partial charge in [0, 0.05) is 24.8 Å². The van der Waals surface area contributed by atoms with E-state index in [9.17, 15) is 4.79 Å². The lowest BCUT2D eigenvalue weighted by Crippen LogP contribution is -2.57. The normalized spacial score (nSPS) is 15.3. The molecule has 98 valence electrons. The highest BCUT2D eigenvalue weighted by Crippen LogP contribution is 2.15. The van der Waals surface area contributed by atoms with Gasteiger partial charge in [-0.05, 0) is 31.3 Å². The molecule has 1 aliphatic heterocycles. The van der Waals surface area contributed by atoms with E-state index < -0.39 is 0 Å². The Morgan fingerprint density at radius 1 is 1.44 bits per heavy atom. The molecule has 1 fully saturated rings. The van der Waals surface area contributed by atoms with Crippen LogP contribution >= 0.6 is 0 Å². The first-order valence-corrected chi connectivity index (χ1v) is 6.04. The van der Waals surface area contributed by atoms with Gasteiger partial charge in [0.25, 0.3) is 0 Å². The van der Waals surface area contributed by atoms with Gasteiger partial charge < -0.3 is 15.4 Å². The number of anilines is 1. The number of likely N-dealkylation sites (N-methyl/N-ethyl adjacent to an activating group) is 1. The lowest BCUT2D eigenvalue weighted by atomic mass is 10.1. The number of ether oxygens (including phenoxy) is 1. The molecular formula is C13H19N3O2. The average molecular weight is 249 g/mol. The molecule has 0 radical (unpaired) electrons. The number of methoxy groups -OCH3 is 1. The van der Waals surface area contributed by atoms with Gasteiger partial charge in [0.15, 0.2) is 0 Å². The molecule has 1 aromatic rings. The van der Waals surface area contributed by atoms with Crippen molar-refractivity contribution in [3.8, 4) is 5.75 Å². The summed E-state index contributed by atoms with van der Waals surface area (Å²) < 4.78 is 5.06. The van der Waals surface area contributed by atoms with Crippen LogP contribution in [0.4, 0.5) is 5.69 Å². The first-order valence-electron chi connectivity index (χ1n) is 6.04. The van der Waals surface area contributed by atoms with Crippen molar-refractivity contribution >= 4 is 11.6 Å². The fraction of sp³-hybridized carbons (Fsp3) is 0.462. The van der Waals surface area contributed by atoms with Crippen LogP contribution in [0.1, 0.15) is 0 Å². The number of amides is 1. The number of hydrogen-bond donors (Lipinski definition) is 2. The molecule has 1 heterocycles. The van der Waals surface area contributed by atoms with Crippen molar-refractivity contribution in [2.75, 3.05) is 39.1 Å². The highest BCUT2D eigenvalue weighted by atomic mass is 16.5. The van der Waals surface area contributed by atoms with Gasteiger partial charge in [0.2, 0.25) is 5.91 Å². The molecule has 0 saturated carbocycles. The van der Waals surface area contributed by atoms with Crippen LogP contribution in [0.25, 0.3) is 0 Å². The number of carbonyl (C=O) groups is 1. The second kappa shape index (κ2) is 5.84. The zero-order chi connectivity index (χ0) is 13.0. The average Bonchev–Trinajstić information content (AvgIpc) is 2.27. The van der Waals surface area contributed by atoms with Gasteiger partial charge >= 0.3 is 0 Å². The monoisotopic (exact) mass is 249 g/mol. The molecule has 2 N–H and O–H groups in total. The van der Waals surface area contributed by atoms with Crippen molar-refractivity contribution in [1.29, 1.82) is 0 Å². The topological polar surface area (TPSA) is 53.6 Å². The summed E-state index contributed by atoms with van der Waals surface area (Å²) in [5.41, 5.74) is 0.793. The standard InChI is InChI=1S/C13H19N3O2/c1-16(11-7-14-8-11)9-13(17)15-10-3-5-12(18-2)6-4-10/h3-6,11,14H,7-9H2,1-2H3,(H,15,17).